The van der Waals surface area contributed by atoms with E-state index in [1.165, 1.54) is 5.69 Å². The molecule has 0 spiro atoms. The highest BCUT2D eigenvalue weighted by atomic mass is 32.1. The fourth-order valence-corrected chi connectivity index (χ4v) is 4.63. The van der Waals surface area contributed by atoms with Crippen LogP contribution in [0.3, 0.4) is 0 Å². The standard InChI is InChI=1S/C22H25N9O2S/c1-15-19(34-28-27-15)22(32)23-7-8-31-21-18(13-26-31)20(24-14-25-21)30-11-9-29(10-12-30)16-3-5-17(33-2)6-4-16/h3-6,13-14H,7-12H2,1-2H3,(H,23,32). The fourth-order valence-electron chi connectivity index (χ4n) is 4.06. The van der Waals surface area contributed by atoms with Crippen molar-refractivity contribution in [1.82, 2.24) is 34.7 Å². The lowest BCUT2D eigenvalue weighted by molar-refractivity contribution is 0.0955. The van der Waals surface area contributed by atoms with Gasteiger partial charge in [-0.05, 0) is 42.7 Å². The van der Waals surface area contributed by atoms with E-state index in [1.807, 2.05) is 12.1 Å². The summed E-state index contributed by atoms with van der Waals surface area (Å²) >= 11 is 1.10. The lowest BCUT2D eigenvalue weighted by Gasteiger charge is -2.36. The minimum absolute atomic E-state index is 0.172. The third-order valence-corrected chi connectivity index (χ3v) is 6.72. The van der Waals surface area contributed by atoms with Crippen molar-refractivity contribution in [2.45, 2.75) is 13.5 Å². The van der Waals surface area contributed by atoms with Gasteiger partial charge in [0.15, 0.2) is 5.65 Å². The second kappa shape index (κ2) is 9.59. The normalized spacial score (nSPS) is 13.9. The predicted molar refractivity (Wildman–Crippen MR) is 130 cm³/mol. The van der Waals surface area contributed by atoms with Crippen molar-refractivity contribution in [3.05, 3.63) is 47.4 Å². The van der Waals surface area contributed by atoms with Crippen molar-refractivity contribution < 1.29 is 9.53 Å². The van der Waals surface area contributed by atoms with Crippen LogP contribution < -0.4 is 19.9 Å². The molecule has 34 heavy (non-hydrogen) atoms. The number of aryl methyl sites for hydroxylation is 1. The van der Waals surface area contributed by atoms with E-state index in [0.29, 0.717) is 23.7 Å². The van der Waals surface area contributed by atoms with Crippen LogP contribution in [-0.4, -0.2) is 75.1 Å². The van der Waals surface area contributed by atoms with E-state index >= 15 is 0 Å². The molecular formula is C22H25N9O2S. The summed E-state index contributed by atoms with van der Waals surface area (Å²) in [6.45, 7) is 6.18. The Morgan fingerprint density at radius 3 is 2.59 bits per heavy atom. The molecule has 1 N–H and O–H groups in total. The Labute approximate surface area is 200 Å². The van der Waals surface area contributed by atoms with Crippen molar-refractivity contribution in [1.29, 1.82) is 0 Å². The minimum Gasteiger partial charge on any atom is -0.497 e. The fraction of sp³-hybridized carbons (Fsp3) is 0.364. The van der Waals surface area contributed by atoms with Crippen molar-refractivity contribution in [2.75, 3.05) is 49.6 Å². The zero-order chi connectivity index (χ0) is 23.5. The first-order valence-corrected chi connectivity index (χ1v) is 11.8. The number of benzene rings is 1. The van der Waals surface area contributed by atoms with Crippen LogP contribution in [0, 0.1) is 6.92 Å². The lowest BCUT2D eigenvalue weighted by atomic mass is 10.2. The largest absolute Gasteiger partial charge is 0.497 e. The SMILES string of the molecule is COc1ccc(N2CCN(c3ncnc4c3cnn4CCNC(=O)c3snnc3C)CC2)cc1. The minimum atomic E-state index is -0.172. The maximum Gasteiger partial charge on any atom is 0.265 e. The first kappa shape index (κ1) is 22.0. The number of ether oxygens (including phenoxy) is 1. The van der Waals surface area contributed by atoms with Crippen LogP contribution >= 0.6 is 11.5 Å². The van der Waals surface area contributed by atoms with Crippen molar-refractivity contribution in [3.63, 3.8) is 0 Å². The lowest BCUT2D eigenvalue weighted by Crippen LogP contribution is -2.46. The summed E-state index contributed by atoms with van der Waals surface area (Å²) in [6, 6.07) is 8.16. The van der Waals surface area contributed by atoms with Crippen molar-refractivity contribution in [3.8, 4) is 5.75 Å². The highest BCUT2D eigenvalue weighted by Crippen LogP contribution is 2.26. The van der Waals surface area contributed by atoms with Crippen molar-refractivity contribution in [2.24, 2.45) is 0 Å². The smallest absolute Gasteiger partial charge is 0.265 e. The Morgan fingerprint density at radius 1 is 1.12 bits per heavy atom. The molecule has 1 aliphatic heterocycles. The molecule has 11 nitrogen and oxygen atoms in total. The van der Waals surface area contributed by atoms with Gasteiger partial charge in [0.25, 0.3) is 5.91 Å². The topological polar surface area (TPSA) is 114 Å². The molecule has 0 unspecified atom stereocenters. The summed E-state index contributed by atoms with van der Waals surface area (Å²) in [7, 11) is 1.68. The average molecular weight is 480 g/mol. The van der Waals surface area contributed by atoms with Gasteiger partial charge in [0.05, 0.1) is 30.9 Å². The van der Waals surface area contributed by atoms with Crippen LogP contribution in [0.15, 0.2) is 36.8 Å². The van der Waals surface area contributed by atoms with E-state index in [2.05, 4.69) is 51.9 Å². The van der Waals surface area contributed by atoms with Gasteiger partial charge >= 0.3 is 0 Å². The Hall–Kier alpha value is -3.80. The monoisotopic (exact) mass is 479 g/mol. The van der Waals surface area contributed by atoms with Gasteiger partial charge in [0.2, 0.25) is 0 Å². The molecule has 5 rings (SSSR count). The van der Waals surface area contributed by atoms with Crippen LogP contribution in [0.5, 0.6) is 5.75 Å². The molecule has 3 aromatic heterocycles. The summed E-state index contributed by atoms with van der Waals surface area (Å²) in [6.07, 6.45) is 3.39. The predicted octanol–water partition coefficient (Wildman–Crippen LogP) is 1.75. The molecular weight excluding hydrogens is 454 g/mol. The number of anilines is 2. The van der Waals surface area contributed by atoms with E-state index in [9.17, 15) is 4.79 Å². The van der Waals surface area contributed by atoms with Gasteiger partial charge in [-0.1, -0.05) is 4.49 Å². The molecule has 176 valence electrons. The number of nitrogens with one attached hydrogen (secondary N) is 1. The van der Waals surface area contributed by atoms with Crippen molar-refractivity contribution >= 4 is 40.0 Å². The van der Waals surface area contributed by atoms with Gasteiger partial charge in [-0.25, -0.2) is 14.6 Å². The van der Waals surface area contributed by atoms with Crippen LogP contribution in [0.1, 0.15) is 15.4 Å². The number of rotatable bonds is 7. The van der Waals surface area contributed by atoms with Crippen LogP contribution in [0.25, 0.3) is 11.0 Å². The number of hydrogen-bond donors (Lipinski definition) is 1. The molecule has 1 aliphatic rings. The molecule has 1 aromatic carbocycles. The molecule has 0 bridgehead atoms. The first-order chi connectivity index (χ1) is 16.6. The molecule has 1 fully saturated rings. The maximum atomic E-state index is 12.3. The van der Waals surface area contributed by atoms with Crippen LogP contribution in [0.2, 0.25) is 0 Å². The van der Waals surface area contributed by atoms with E-state index in [4.69, 9.17) is 4.74 Å². The van der Waals surface area contributed by atoms with E-state index in [1.54, 1.807) is 31.2 Å². The molecule has 0 atom stereocenters. The van der Waals surface area contributed by atoms with Crippen LogP contribution in [-0.2, 0) is 6.54 Å². The molecule has 1 saturated heterocycles. The second-order valence-electron chi connectivity index (χ2n) is 7.92. The highest BCUT2D eigenvalue weighted by Gasteiger charge is 2.22. The summed E-state index contributed by atoms with van der Waals surface area (Å²) in [5.41, 5.74) is 2.58. The average Bonchev–Trinajstić information content (AvgIpc) is 3.50. The zero-order valence-electron chi connectivity index (χ0n) is 19.0. The molecule has 1 amide bonds. The third kappa shape index (κ3) is 4.36. The first-order valence-electron chi connectivity index (χ1n) is 11.0. The molecule has 12 heteroatoms. The number of fused-ring (bicyclic) bond motifs is 1. The van der Waals surface area contributed by atoms with Gasteiger partial charge in [-0.15, -0.1) is 5.10 Å². The summed E-state index contributed by atoms with van der Waals surface area (Å²) in [5.74, 6) is 1.58. The Kier molecular flexibility index (Phi) is 6.21. The summed E-state index contributed by atoms with van der Waals surface area (Å²) < 4.78 is 10.9. The van der Waals surface area contributed by atoms with Gasteiger partial charge in [-0.3, -0.25) is 4.79 Å². The highest BCUT2D eigenvalue weighted by molar-refractivity contribution is 7.08. The molecule has 4 aromatic rings. The number of hydrogen-bond acceptors (Lipinski definition) is 10. The Balaban J connectivity index is 1.23. The third-order valence-electron chi connectivity index (χ3n) is 5.90. The summed E-state index contributed by atoms with van der Waals surface area (Å²) in [4.78, 5) is 26.5. The number of aromatic nitrogens is 6. The Bertz CT molecular complexity index is 1280. The Morgan fingerprint density at radius 2 is 1.88 bits per heavy atom. The quantitative estimate of drug-likeness (QED) is 0.423. The maximum absolute atomic E-state index is 12.3. The molecule has 0 aliphatic carbocycles. The number of amides is 1. The second-order valence-corrected chi connectivity index (χ2v) is 8.67. The number of nitrogens with zero attached hydrogens (tertiary/aromatic N) is 8. The van der Waals surface area contributed by atoms with Crippen LogP contribution in [0.4, 0.5) is 11.5 Å². The summed E-state index contributed by atoms with van der Waals surface area (Å²) in [5, 5.41) is 12.2. The van der Waals surface area contributed by atoms with E-state index in [-0.39, 0.29) is 5.91 Å². The van der Waals surface area contributed by atoms with Gasteiger partial charge in [-0.2, -0.15) is 5.10 Å². The van der Waals surface area contributed by atoms with E-state index < -0.39 is 0 Å². The van der Waals surface area contributed by atoms with Gasteiger partial charge in [0.1, 0.15) is 22.8 Å². The molecule has 0 saturated carbocycles. The number of methoxy groups -OCH3 is 1. The van der Waals surface area contributed by atoms with Gasteiger partial charge < -0.3 is 19.9 Å². The number of piperazine rings is 1. The zero-order valence-corrected chi connectivity index (χ0v) is 19.8. The number of carbonyl (C=O) groups is 1. The molecule has 0 radical (unpaired) electrons. The van der Waals surface area contributed by atoms with Gasteiger partial charge in [0, 0.05) is 38.4 Å². The van der Waals surface area contributed by atoms with E-state index in [0.717, 1.165) is 60.3 Å². The molecule has 4 heterocycles. The number of carbonyl (C=O) groups excluding carboxylic acids is 1.